The number of anilines is 1. The summed E-state index contributed by atoms with van der Waals surface area (Å²) in [6.07, 6.45) is 8.73. The van der Waals surface area contributed by atoms with E-state index in [9.17, 15) is 4.79 Å². The Hall–Kier alpha value is -3.65. The average molecular weight is 570 g/mol. The van der Waals surface area contributed by atoms with Crippen molar-refractivity contribution in [2.45, 2.75) is 65.3 Å². The van der Waals surface area contributed by atoms with E-state index in [0.29, 0.717) is 30.8 Å². The van der Waals surface area contributed by atoms with Gasteiger partial charge in [-0.05, 0) is 94.9 Å². The number of hydrogen-bond acceptors (Lipinski definition) is 7. The molecular weight excluding hydrogens is 526 g/mol. The van der Waals surface area contributed by atoms with Crippen LogP contribution in [0, 0.1) is 5.41 Å². The SMILES string of the molecule is CN1CCC[C@H]1COc1nc(N2CCCCC2)c2c(n1)c(Cc1cc(OC(=O)C(C)(C)C)cc3ccccc13)cn2C. The first-order chi connectivity index (χ1) is 20.2. The van der Waals surface area contributed by atoms with Crippen molar-refractivity contribution in [1.82, 2.24) is 19.4 Å². The third-order valence-corrected chi connectivity index (χ3v) is 8.71. The van der Waals surface area contributed by atoms with E-state index >= 15 is 0 Å². The monoisotopic (exact) mass is 569 g/mol. The maximum absolute atomic E-state index is 12.8. The molecule has 2 aromatic carbocycles. The molecule has 0 saturated carbocycles. The normalized spacial score (nSPS) is 18.2. The molecule has 1 atom stereocenters. The summed E-state index contributed by atoms with van der Waals surface area (Å²) in [7, 11) is 4.24. The van der Waals surface area contributed by atoms with Gasteiger partial charge in [0, 0.05) is 44.4 Å². The highest BCUT2D eigenvalue weighted by Gasteiger charge is 2.26. The van der Waals surface area contributed by atoms with E-state index < -0.39 is 5.41 Å². The van der Waals surface area contributed by atoms with Crippen LogP contribution in [0.15, 0.2) is 42.6 Å². The Bertz CT molecular complexity index is 1600. The molecule has 0 N–H and O–H groups in total. The third-order valence-electron chi connectivity index (χ3n) is 8.71. The molecule has 0 aliphatic carbocycles. The average Bonchev–Trinajstić information content (AvgIpc) is 3.53. The van der Waals surface area contributed by atoms with Crippen LogP contribution in [0.25, 0.3) is 21.8 Å². The zero-order chi connectivity index (χ0) is 29.4. The first kappa shape index (κ1) is 28.5. The first-order valence-electron chi connectivity index (χ1n) is 15.4. The summed E-state index contributed by atoms with van der Waals surface area (Å²) in [5, 5.41) is 2.18. The van der Waals surface area contributed by atoms with Crippen LogP contribution >= 0.6 is 0 Å². The van der Waals surface area contributed by atoms with Crippen molar-refractivity contribution in [3.8, 4) is 11.8 Å². The molecule has 2 fully saturated rings. The van der Waals surface area contributed by atoms with Crippen LogP contribution in [-0.4, -0.2) is 64.7 Å². The predicted molar refractivity (Wildman–Crippen MR) is 168 cm³/mol. The second-order valence-electron chi connectivity index (χ2n) is 13.0. The molecular formula is C34H43N5O3. The summed E-state index contributed by atoms with van der Waals surface area (Å²) < 4.78 is 14.3. The number of esters is 1. The van der Waals surface area contributed by atoms with Gasteiger partial charge in [0.2, 0.25) is 0 Å². The topological polar surface area (TPSA) is 72.7 Å². The minimum Gasteiger partial charge on any atom is -0.462 e. The van der Waals surface area contributed by atoms with Crippen LogP contribution in [0.1, 0.15) is 64.0 Å². The number of carbonyl (C=O) groups is 1. The number of aryl methyl sites for hydroxylation is 1. The predicted octanol–water partition coefficient (Wildman–Crippen LogP) is 6.13. The summed E-state index contributed by atoms with van der Waals surface area (Å²) in [4.78, 5) is 27.6. The molecule has 4 aromatic rings. The summed E-state index contributed by atoms with van der Waals surface area (Å²) in [5.74, 6) is 1.28. The quantitative estimate of drug-likeness (QED) is 0.196. The molecule has 2 aromatic heterocycles. The van der Waals surface area contributed by atoms with E-state index in [1.807, 2.05) is 39.0 Å². The number of ether oxygens (including phenoxy) is 2. The van der Waals surface area contributed by atoms with Crippen LogP contribution in [0.3, 0.4) is 0 Å². The summed E-state index contributed by atoms with van der Waals surface area (Å²) in [5.41, 5.74) is 3.55. The van der Waals surface area contributed by atoms with Gasteiger partial charge in [-0.15, -0.1) is 0 Å². The van der Waals surface area contributed by atoms with E-state index in [2.05, 4.69) is 52.9 Å². The fourth-order valence-corrected chi connectivity index (χ4v) is 6.24. The Morgan fingerprint density at radius 3 is 2.50 bits per heavy atom. The maximum atomic E-state index is 12.8. The second-order valence-corrected chi connectivity index (χ2v) is 13.0. The zero-order valence-corrected chi connectivity index (χ0v) is 25.7. The standard InChI is InChI=1S/C34H43N5O3/c1-34(2,3)32(40)42-27-19-23-12-7-8-14-28(23)24(20-27)18-25-21-38(5)30-29(25)35-33(41-22-26-13-11-15-37(26)4)36-31(30)39-16-9-6-10-17-39/h7-8,12,14,19-21,26H,6,9-11,13,15-18,22H2,1-5H3/t26-/m0/s1. The number of aromatic nitrogens is 3. The van der Waals surface area contributed by atoms with Crippen molar-refractivity contribution in [1.29, 1.82) is 0 Å². The Morgan fingerprint density at radius 1 is 0.976 bits per heavy atom. The first-order valence-corrected chi connectivity index (χ1v) is 15.4. The van der Waals surface area contributed by atoms with Crippen LogP contribution < -0.4 is 14.4 Å². The number of likely N-dealkylation sites (N-methyl/N-ethyl adjacent to an activating group) is 1. The van der Waals surface area contributed by atoms with E-state index in [1.165, 1.54) is 12.8 Å². The lowest BCUT2D eigenvalue weighted by atomic mass is 9.97. The van der Waals surface area contributed by atoms with Crippen LogP contribution in [-0.2, 0) is 18.3 Å². The summed E-state index contributed by atoms with van der Waals surface area (Å²) in [6, 6.07) is 13.1. The van der Waals surface area contributed by atoms with Crippen molar-refractivity contribution in [2.24, 2.45) is 12.5 Å². The van der Waals surface area contributed by atoms with Crippen LogP contribution in [0.5, 0.6) is 11.8 Å². The number of rotatable bonds is 7. The second kappa shape index (κ2) is 11.6. The fourth-order valence-electron chi connectivity index (χ4n) is 6.24. The zero-order valence-electron chi connectivity index (χ0n) is 25.7. The van der Waals surface area contributed by atoms with E-state index in [-0.39, 0.29) is 5.97 Å². The highest BCUT2D eigenvalue weighted by molar-refractivity contribution is 5.92. The lowest BCUT2D eigenvalue weighted by molar-refractivity contribution is -0.142. The number of benzene rings is 2. The largest absolute Gasteiger partial charge is 0.462 e. The van der Waals surface area contributed by atoms with Gasteiger partial charge in [-0.2, -0.15) is 9.97 Å². The van der Waals surface area contributed by atoms with Crippen molar-refractivity contribution in [3.05, 3.63) is 53.7 Å². The van der Waals surface area contributed by atoms with Gasteiger partial charge in [0.1, 0.15) is 23.4 Å². The Kier molecular flexibility index (Phi) is 7.83. The Labute approximate surface area is 248 Å². The number of likely N-dealkylation sites (tertiary alicyclic amines) is 1. The lowest BCUT2D eigenvalue weighted by Gasteiger charge is -2.28. The van der Waals surface area contributed by atoms with Gasteiger partial charge < -0.3 is 23.8 Å². The van der Waals surface area contributed by atoms with Gasteiger partial charge in [0.25, 0.3) is 0 Å². The molecule has 2 aliphatic rings. The molecule has 42 heavy (non-hydrogen) atoms. The minimum absolute atomic E-state index is 0.248. The van der Waals surface area contributed by atoms with Crippen molar-refractivity contribution in [2.75, 3.05) is 38.2 Å². The van der Waals surface area contributed by atoms with Crippen LogP contribution in [0.4, 0.5) is 5.82 Å². The van der Waals surface area contributed by atoms with Gasteiger partial charge in [-0.1, -0.05) is 24.3 Å². The molecule has 2 saturated heterocycles. The van der Waals surface area contributed by atoms with Gasteiger partial charge in [-0.25, -0.2) is 0 Å². The molecule has 222 valence electrons. The van der Waals surface area contributed by atoms with E-state index in [0.717, 1.165) is 77.6 Å². The van der Waals surface area contributed by atoms with Crippen LogP contribution in [0.2, 0.25) is 0 Å². The van der Waals surface area contributed by atoms with Gasteiger partial charge in [0.05, 0.1) is 5.41 Å². The highest BCUT2D eigenvalue weighted by Crippen LogP contribution is 2.35. The molecule has 0 unspecified atom stereocenters. The molecule has 4 heterocycles. The minimum atomic E-state index is -0.590. The van der Waals surface area contributed by atoms with Gasteiger partial charge in [0.15, 0.2) is 5.82 Å². The number of piperidine rings is 1. The molecule has 8 heteroatoms. The Balaban J connectivity index is 1.41. The molecule has 2 aliphatic heterocycles. The Morgan fingerprint density at radius 2 is 1.76 bits per heavy atom. The molecule has 8 nitrogen and oxygen atoms in total. The van der Waals surface area contributed by atoms with Crippen molar-refractivity contribution >= 4 is 33.6 Å². The fraction of sp³-hybridized carbons (Fsp3) is 0.500. The number of carbonyl (C=O) groups excluding carboxylic acids is 1. The third kappa shape index (κ3) is 5.82. The maximum Gasteiger partial charge on any atom is 0.319 e. The van der Waals surface area contributed by atoms with Crippen molar-refractivity contribution < 1.29 is 14.3 Å². The molecule has 0 radical (unpaired) electrons. The van der Waals surface area contributed by atoms with Gasteiger partial charge in [-0.3, -0.25) is 4.79 Å². The molecule has 0 amide bonds. The smallest absolute Gasteiger partial charge is 0.319 e. The molecule has 0 spiro atoms. The lowest BCUT2D eigenvalue weighted by Crippen LogP contribution is -2.32. The highest BCUT2D eigenvalue weighted by atomic mass is 16.5. The molecule has 6 rings (SSSR count). The molecule has 0 bridgehead atoms. The number of nitrogens with zero attached hydrogens (tertiary/aromatic N) is 5. The van der Waals surface area contributed by atoms with E-state index in [1.54, 1.807) is 0 Å². The summed E-state index contributed by atoms with van der Waals surface area (Å²) >= 11 is 0. The van der Waals surface area contributed by atoms with E-state index in [4.69, 9.17) is 19.4 Å². The number of hydrogen-bond donors (Lipinski definition) is 0. The van der Waals surface area contributed by atoms with Gasteiger partial charge >= 0.3 is 12.0 Å². The number of fused-ring (bicyclic) bond motifs is 2. The summed E-state index contributed by atoms with van der Waals surface area (Å²) in [6.45, 7) is 9.29. The van der Waals surface area contributed by atoms with Crippen molar-refractivity contribution in [3.63, 3.8) is 0 Å².